The van der Waals surface area contributed by atoms with Crippen LogP contribution in [0.4, 0.5) is 16.1 Å². The number of nitrogens with one attached hydrogen (secondary N) is 1. The van der Waals surface area contributed by atoms with Gasteiger partial charge in [-0.15, -0.1) is 0 Å². The second-order valence-corrected chi connectivity index (χ2v) is 2.25. The molecule has 0 aliphatic carbocycles. The summed E-state index contributed by atoms with van der Waals surface area (Å²) in [7, 11) is 0. The third-order valence-corrected chi connectivity index (χ3v) is 1.42. The Bertz CT molecular complexity index is 236. The van der Waals surface area contributed by atoms with Gasteiger partial charge in [0.25, 0.3) is 0 Å². The van der Waals surface area contributed by atoms with Gasteiger partial charge >= 0.3 is 0 Å². The van der Waals surface area contributed by atoms with Crippen molar-refractivity contribution in [3.05, 3.63) is 23.2 Å². The van der Waals surface area contributed by atoms with Crippen molar-refractivity contribution in [3.63, 3.8) is 0 Å². The van der Waals surface area contributed by atoms with Gasteiger partial charge < -0.3 is 5.32 Å². The van der Waals surface area contributed by atoms with Crippen molar-refractivity contribution in [2.45, 2.75) is 0 Å². The molecular weight excluding hydrogens is 141 g/mol. The normalized spacial score (nSPS) is 10.8. The number of hydrogen-bond acceptors (Lipinski definition) is 1. The molecule has 0 atom stereocenters. The van der Waals surface area contributed by atoms with Gasteiger partial charge in [-0.05, 0) is 18.2 Å². The van der Waals surface area contributed by atoms with Crippen LogP contribution in [0.25, 0.3) is 0 Å². The van der Waals surface area contributed by atoms with Crippen LogP contribution < -0.4 is 5.32 Å². The molecule has 1 N–H and O–H groups in total. The van der Waals surface area contributed by atoms with Crippen molar-refractivity contribution in [2.75, 3.05) is 5.32 Å². The molecule has 2 rings (SSSR count). The van der Waals surface area contributed by atoms with E-state index in [1.54, 1.807) is 0 Å². The first-order valence-corrected chi connectivity index (χ1v) is 2.80. The van der Waals surface area contributed by atoms with Crippen LogP contribution in [0.3, 0.4) is 0 Å². The third-order valence-electron chi connectivity index (χ3n) is 1.19. The molecule has 1 aliphatic heterocycles. The fraction of sp³-hybridized carbons (Fsp3) is 0. The summed E-state index contributed by atoms with van der Waals surface area (Å²) in [5.41, 5.74) is 2.37. The molecule has 1 aromatic rings. The first kappa shape index (κ1) is 6.36. The highest BCUT2D eigenvalue weighted by molar-refractivity contribution is 6.31. The zero-order chi connectivity index (χ0) is 5.56. The van der Waals surface area contributed by atoms with Gasteiger partial charge in [0, 0.05) is 5.02 Å². The first-order valence-electron chi connectivity index (χ1n) is 2.43. The van der Waals surface area contributed by atoms with Gasteiger partial charge in [-0.25, -0.2) is 0 Å². The van der Waals surface area contributed by atoms with Crippen molar-refractivity contribution < 1.29 is 4.70 Å². The van der Waals surface area contributed by atoms with Crippen LogP contribution >= 0.6 is 11.6 Å². The molecule has 3 heteroatoms. The van der Waals surface area contributed by atoms with E-state index in [1.807, 2.05) is 18.2 Å². The van der Waals surface area contributed by atoms with Crippen LogP contribution in [0.5, 0.6) is 0 Å². The Labute approximate surface area is 57.0 Å². The summed E-state index contributed by atoms with van der Waals surface area (Å²) in [4.78, 5) is 0. The molecule has 0 radical (unpaired) electrons. The fourth-order valence-corrected chi connectivity index (χ4v) is 0.880. The number of halogens is 2. The topological polar surface area (TPSA) is 21.9 Å². The van der Waals surface area contributed by atoms with Gasteiger partial charge in [0.05, 0.1) is 11.4 Å². The first-order chi connectivity index (χ1) is 3.86. The largest absolute Gasteiger partial charge is 0.352 e. The van der Waals surface area contributed by atoms with Crippen molar-refractivity contribution in [1.29, 1.82) is 0 Å². The maximum absolute atomic E-state index is 5.64. The molecule has 0 amide bonds. The van der Waals surface area contributed by atoms with E-state index in [-0.39, 0.29) is 4.70 Å². The number of fused-ring (bicyclic) bond motifs is 1. The highest BCUT2D eigenvalue weighted by atomic mass is 35.5. The van der Waals surface area contributed by atoms with E-state index < -0.39 is 0 Å². The number of anilines is 2. The van der Waals surface area contributed by atoms with E-state index in [0.29, 0.717) is 0 Å². The summed E-state index contributed by atoms with van der Waals surface area (Å²) in [5.74, 6) is 0. The van der Waals surface area contributed by atoms with E-state index >= 15 is 0 Å². The van der Waals surface area contributed by atoms with E-state index in [2.05, 4.69) is 5.32 Å². The molecule has 0 aromatic heterocycles. The Morgan fingerprint density at radius 2 is 2.00 bits per heavy atom. The van der Waals surface area contributed by atoms with Gasteiger partial charge in [0.15, 0.2) is 0 Å². The number of benzene rings is 1. The second-order valence-electron chi connectivity index (χ2n) is 1.81. The molecule has 0 saturated heterocycles. The standard InChI is InChI=1S/C6H4ClN.FH/c7-4-1-2-5-6(3-4)8-5;/h1-3,8H;1H. The summed E-state index contributed by atoms with van der Waals surface area (Å²) in [6.07, 6.45) is 0. The molecule has 0 spiro atoms. The highest BCUT2D eigenvalue weighted by Gasteiger charge is 2.13. The average Bonchev–Trinajstić information content (AvgIpc) is 2.43. The van der Waals surface area contributed by atoms with Crippen LogP contribution in [0, 0.1) is 0 Å². The van der Waals surface area contributed by atoms with Crippen molar-refractivity contribution in [2.24, 2.45) is 0 Å². The lowest BCUT2D eigenvalue weighted by Crippen LogP contribution is -1.49. The molecule has 1 heterocycles. The summed E-state index contributed by atoms with van der Waals surface area (Å²) < 4.78 is 0. The zero-order valence-electron chi connectivity index (χ0n) is 4.52. The lowest BCUT2D eigenvalue weighted by atomic mass is 10.4. The maximum Gasteiger partial charge on any atom is 0.0639 e. The van der Waals surface area contributed by atoms with Gasteiger partial charge in [-0.2, -0.15) is 0 Å². The average molecular weight is 146 g/mol. The van der Waals surface area contributed by atoms with Crippen molar-refractivity contribution in [1.82, 2.24) is 0 Å². The number of hydrogen-bond donors (Lipinski definition) is 1. The maximum atomic E-state index is 5.64. The predicted molar refractivity (Wildman–Crippen MR) is 37.2 cm³/mol. The molecule has 48 valence electrons. The molecular formula is C6H5ClFN. The van der Waals surface area contributed by atoms with Crippen LogP contribution in [-0.4, -0.2) is 0 Å². The smallest absolute Gasteiger partial charge is 0.0639 e. The second kappa shape index (κ2) is 1.88. The molecule has 1 nitrogen and oxygen atoms in total. The fourth-order valence-electron chi connectivity index (χ4n) is 0.708. The van der Waals surface area contributed by atoms with E-state index in [1.165, 1.54) is 5.69 Å². The lowest BCUT2D eigenvalue weighted by Gasteiger charge is -1.76. The van der Waals surface area contributed by atoms with Gasteiger partial charge in [-0.1, -0.05) is 11.6 Å². The Kier molecular flexibility index (Phi) is 1.33. The molecule has 1 aliphatic rings. The minimum atomic E-state index is 0. The van der Waals surface area contributed by atoms with Crippen molar-refractivity contribution >= 4 is 23.0 Å². The van der Waals surface area contributed by atoms with Crippen LogP contribution in [-0.2, 0) is 0 Å². The van der Waals surface area contributed by atoms with E-state index in [0.717, 1.165) is 10.7 Å². The van der Waals surface area contributed by atoms with Crippen LogP contribution in [0.1, 0.15) is 0 Å². The van der Waals surface area contributed by atoms with Crippen LogP contribution in [0.15, 0.2) is 18.2 Å². The summed E-state index contributed by atoms with van der Waals surface area (Å²) >= 11 is 5.64. The Hall–Kier alpha value is -0.760. The molecule has 0 unspecified atom stereocenters. The highest BCUT2D eigenvalue weighted by Crippen LogP contribution is 2.39. The van der Waals surface area contributed by atoms with Crippen molar-refractivity contribution in [3.8, 4) is 0 Å². The minimum Gasteiger partial charge on any atom is -0.352 e. The summed E-state index contributed by atoms with van der Waals surface area (Å²) in [6, 6.07) is 5.76. The third kappa shape index (κ3) is 0.980. The Morgan fingerprint density at radius 1 is 1.22 bits per heavy atom. The SMILES string of the molecule is Clc1ccc2c(c1)N2.F. The lowest BCUT2D eigenvalue weighted by molar-refractivity contribution is 1.11. The molecule has 1 aromatic carbocycles. The minimum absolute atomic E-state index is 0. The number of rotatable bonds is 0. The van der Waals surface area contributed by atoms with Gasteiger partial charge in [0.1, 0.15) is 0 Å². The Balaban J connectivity index is 0.000000405. The summed E-state index contributed by atoms with van der Waals surface area (Å²) in [6.45, 7) is 0. The Morgan fingerprint density at radius 3 is 2.56 bits per heavy atom. The zero-order valence-corrected chi connectivity index (χ0v) is 5.27. The summed E-state index contributed by atoms with van der Waals surface area (Å²) in [5, 5.41) is 3.85. The molecule has 9 heavy (non-hydrogen) atoms. The predicted octanol–water partition coefficient (Wildman–Crippen LogP) is 2.55. The van der Waals surface area contributed by atoms with Gasteiger partial charge in [-0.3, -0.25) is 4.70 Å². The van der Waals surface area contributed by atoms with E-state index in [9.17, 15) is 0 Å². The molecule has 0 saturated carbocycles. The molecule has 0 bridgehead atoms. The monoisotopic (exact) mass is 145 g/mol. The van der Waals surface area contributed by atoms with Crippen LogP contribution in [0.2, 0.25) is 5.02 Å². The van der Waals surface area contributed by atoms with Gasteiger partial charge in [0.2, 0.25) is 0 Å². The molecule has 0 fully saturated rings. The quantitative estimate of drug-likeness (QED) is 0.566. The van der Waals surface area contributed by atoms with E-state index in [4.69, 9.17) is 11.6 Å².